The van der Waals surface area contributed by atoms with Gasteiger partial charge in [0.2, 0.25) is 0 Å². The molecule has 41 heavy (non-hydrogen) atoms. The van der Waals surface area contributed by atoms with Crippen molar-refractivity contribution in [2.24, 2.45) is 0 Å². The summed E-state index contributed by atoms with van der Waals surface area (Å²) in [5, 5.41) is 31.4. The monoisotopic (exact) mass is 580 g/mol. The average Bonchev–Trinajstić information content (AvgIpc) is 3.57. The van der Waals surface area contributed by atoms with E-state index in [9.17, 15) is 20.1 Å². The van der Waals surface area contributed by atoms with E-state index in [1.165, 1.54) is 83.5 Å². The Morgan fingerprint density at radius 2 is 1.10 bits per heavy atom. The van der Waals surface area contributed by atoms with Crippen LogP contribution in [0.5, 0.6) is 0 Å². The van der Waals surface area contributed by atoms with Crippen molar-refractivity contribution in [1.29, 1.82) is 0 Å². The van der Waals surface area contributed by atoms with Gasteiger partial charge in [-0.05, 0) is 45.1 Å². The van der Waals surface area contributed by atoms with E-state index >= 15 is 0 Å². The third-order valence-electron chi connectivity index (χ3n) is 9.03. The molecule has 1 saturated heterocycles. The Morgan fingerprint density at radius 3 is 1.51 bits per heavy atom. The maximum absolute atomic E-state index is 11.6. The Bertz CT molecular complexity index is 694. The van der Waals surface area contributed by atoms with Crippen LogP contribution in [0.3, 0.4) is 0 Å². The second kappa shape index (κ2) is 22.6. The van der Waals surface area contributed by atoms with Gasteiger partial charge >= 0.3 is 5.97 Å². The molecule has 2 heterocycles. The summed E-state index contributed by atoms with van der Waals surface area (Å²) in [6, 6.07) is 0. The zero-order chi connectivity index (χ0) is 29.7. The smallest absolute Gasteiger partial charge is 0.334 e. The fraction of sp³-hybridized carbons (Fsp3) is 0.914. The molecule has 0 saturated carbocycles. The van der Waals surface area contributed by atoms with Crippen molar-refractivity contribution >= 4 is 5.97 Å². The molecule has 0 aromatic rings. The second-order valence-electron chi connectivity index (χ2n) is 13.0. The summed E-state index contributed by atoms with van der Waals surface area (Å²) in [7, 11) is 0. The highest BCUT2D eigenvalue weighted by Gasteiger charge is 2.34. The van der Waals surface area contributed by atoms with Crippen LogP contribution in [-0.2, 0) is 14.3 Å². The van der Waals surface area contributed by atoms with Gasteiger partial charge in [0.25, 0.3) is 0 Å². The molecule has 0 bridgehead atoms. The molecule has 0 aromatic carbocycles. The molecule has 0 amide bonds. The molecule has 2 aliphatic rings. The van der Waals surface area contributed by atoms with Crippen LogP contribution in [-0.4, -0.2) is 57.9 Å². The van der Waals surface area contributed by atoms with Gasteiger partial charge in [0.05, 0.1) is 30.5 Å². The van der Waals surface area contributed by atoms with E-state index in [1.54, 1.807) is 0 Å². The summed E-state index contributed by atoms with van der Waals surface area (Å²) < 4.78 is 11.2. The Morgan fingerprint density at radius 1 is 0.683 bits per heavy atom. The van der Waals surface area contributed by atoms with Crippen molar-refractivity contribution in [3.8, 4) is 0 Å². The molecule has 3 N–H and O–H groups in total. The molecular formula is C35H64O6. The van der Waals surface area contributed by atoms with Gasteiger partial charge in [-0.15, -0.1) is 0 Å². The van der Waals surface area contributed by atoms with Gasteiger partial charge in [-0.3, -0.25) is 0 Å². The first-order valence-electron chi connectivity index (χ1n) is 17.5. The van der Waals surface area contributed by atoms with E-state index in [0.717, 1.165) is 64.2 Å². The van der Waals surface area contributed by atoms with E-state index in [2.05, 4.69) is 6.92 Å². The molecule has 6 nitrogen and oxygen atoms in total. The van der Waals surface area contributed by atoms with Gasteiger partial charge in [-0.1, -0.05) is 122 Å². The summed E-state index contributed by atoms with van der Waals surface area (Å²) in [4.78, 5) is 11.6. The number of aliphatic hydroxyl groups excluding tert-OH is 3. The SMILES string of the molecule is CCCCCCCCCCCC[C@@H](O)[C@H]1CC[C@H]([C@H](O)CCCCCCCCCC[C@H](O)CC2=C[C@H](C)OC2=O)O1. The van der Waals surface area contributed by atoms with Crippen LogP contribution in [0.15, 0.2) is 11.6 Å². The van der Waals surface area contributed by atoms with Crippen LogP contribution in [0.25, 0.3) is 0 Å². The molecule has 0 spiro atoms. The minimum atomic E-state index is -0.461. The minimum absolute atomic E-state index is 0.102. The number of esters is 1. The largest absolute Gasteiger partial charge is 0.455 e. The minimum Gasteiger partial charge on any atom is -0.455 e. The molecule has 0 aliphatic carbocycles. The zero-order valence-electron chi connectivity index (χ0n) is 26.6. The van der Waals surface area contributed by atoms with Crippen LogP contribution >= 0.6 is 0 Å². The lowest BCUT2D eigenvalue weighted by molar-refractivity contribution is -0.139. The number of carbonyl (C=O) groups is 1. The first kappa shape index (κ1) is 36.2. The fourth-order valence-electron chi connectivity index (χ4n) is 6.40. The predicted octanol–water partition coefficient (Wildman–Crippen LogP) is 8.09. The third kappa shape index (κ3) is 16.5. The molecule has 0 radical (unpaired) electrons. The molecule has 6 atom stereocenters. The lowest BCUT2D eigenvalue weighted by atomic mass is 9.99. The van der Waals surface area contributed by atoms with E-state index in [1.807, 2.05) is 13.0 Å². The molecule has 6 heteroatoms. The Hall–Kier alpha value is -0.950. The lowest BCUT2D eigenvalue weighted by Gasteiger charge is -2.22. The van der Waals surface area contributed by atoms with Crippen molar-refractivity contribution < 1.29 is 29.6 Å². The van der Waals surface area contributed by atoms with Crippen molar-refractivity contribution in [2.75, 3.05) is 0 Å². The van der Waals surface area contributed by atoms with Gasteiger partial charge < -0.3 is 24.8 Å². The number of unbranched alkanes of at least 4 members (excludes halogenated alkanes) is 16. The van der Waals surface area contributed by atoms with Gasteiger partial charge in [0, 0.05) is 12.0 Å². The first-order chi connectivity index (χ1) is 19.9. The van der Waals surface area contributed by atoms with Crippen molar-refractivity contribution in [1.82, 2.24) is 0 Å². The van der Waals surface area contributed by atoms with Crippen molar-refractivity contribution in [3.05, 3.63) is 11.6 Å². The molecule has 2 rings (SSSR count). The summed E-state index contributed by atoms with van der Waals surface area (Å²) in [6.45, 7) is 4.10. The number of hydrogen-bond acceptors (Lipinski definition) is 6. The van der Waals surface area contributed by atoms with Crippen molar-refractivity contribution in [2.45, 2.75) is 205 Å². The number of rotatable bonds is 26. The standard InChI is InChI=1S/C35H64O6/c1-3-4-5-6-7-8-9-13-16-19-22-31(37)33-24-25-34(41-33)32(38)23-20-17-14-11-10-12-15-18-21-30(36)27-29-26-28(2)40-35(29)39/h26,28,30-34,36-38H,3-25,27H2,1-2H3/t28-,30-,31+,32+,33+,34+/m0/s1. The highest BCUT2D eigenvalue weighted by atomic mass is 16.5. The maximum Gasteiger partial charge on any atom is 0.334 e. The van der Waals surface area contributed by atoms with E-state index in [-0.39, 0.29) is 24.3 Å². The van der Waals surface area contributed by atoms with Crippen LogP contribution in [0.2, 0.25) is 0 Å². The number of hydrogen-bond donors (Lipinski definition) is 3. The number of ether oxygens (including phenoxy) is 2. The van der Waals surface area contributed by atoms with Crippen LogP contribution in [0.1, 0.15) is 168 Å². The molecule has 2 aliphatic heterocycles. The van der Waals surface area contributed by atoms with Crippen LogP contribution < -0.4 is 0 Å². The molecule has 1 fully saturated rings. The van der Waals surface area contributed by atoms with Crippen LogP contribution in [0, 0.1) is 0 Å². The average molecular weight is 581 g/mol. The Labute approximate surface area is 251 Å². The first-order valence-corrected chi connectivity index (χ1v) is 17.5. The Kier molecular flexibility index (Phi) is 20.0. The van der Waals surface area contributed by atoms with E-state index in [0.29, 0.717) is 12.0 Å². The quantitative estimate of drug-likeness (QED) is 0.0707. The van der Waals surface area contributed by atoms with Crippen molar-refractivity contribution in [3.63, 3.8) is 0 Å². The van der Waals surface area contributed by atoms with Gasteiger partial charge in [-0.2, -0.15) is 0 Å². The maximum atomic E-state index is 11.6. The molecule has 0 aromatic heterocycles. The second-order valence-corrected chi connectivity index (χ2v) is 13.0. The predicted molar refractivity (Wildman–Crippen MR) is 167 cm³/mol. The number of carbonyl (C=O) groups excluding carboxylic acids is 1. The topological polar surface area (TPSA) is 96.2 Å². The molecular weight excluding hydrogens is 516 g/mol. The zero-order valence-corrected chi connectivity index (χ0v) is 26.6. The van der Waals surface area contributed by atoms with Gasteiger partial charge in [-0.25, -0.2) is 4.79 Å². The Balaban J connectivity index is 1.37. The summed E-state index contributed by atoms with van der Waals surface area (Å²) in [5.74, 6) is -0.280. The van der Waals surface area contributed by atoms with E-state index in [4.69, 9.17) is 9.47 Å². The molecule has 240 valence electrons. The van der Waals surface area contributed by atoms with Gasteiger partial charge in [0.15, 0.2) is 0 Å². The highest BCUT2D eigenvalue weighted by Crippen LogP contribution is 2.28. The number of cyclic esters (lactones) is 1. The van der Waals surface area contributed by atoms with E-state index < -0.39 is 18.3 Å². The van der Waals surface area contributed by atoms with Gasteiger partial charge in [0.1, 0.15) is 6.10 Å². The summed E-state index contributed by atoms with van der Waals surface area (Å²) in [6.07, 6.45) is 26.7. The lowest BCUT2D eigenvalue weighted by Crippen LogP contribution is -2.31. The normalized spacial score (nSPS) is 23.0. The van der Waals surface area contributed by atoms with Crippen LogP contribution in [0.4, 0.5) is 0 Å². The number of aliphatic hydroxyl groups is 3. The summed E-state index contributed by atoms with van der Waals surface area (Å²) >= 11 is 0. The fourth-order valence-corrected chi connectivity index (χ4v) is 6.40. The third-order valence-corrected chi connectivity index (χ3v) is 9.03. The summed E-state index contributed by atoms with van der Waals surface area (Å²) in [5.41, 5.74) is 0.617. The molecule has 0 unspecified atom stereocenters. The highest BCUT2D eigenvalue weighted by molar-refractivity contribution is 5.90.